The molecule has 0 saturated heterocycles. The maximum absolute atomic E-state index is 14.1. The fourth-order valence-electron chi connectivity index (χ4n) is 2.90. The Kier molecular flexibility index (Phi) is 4.91. The first-order valence-corrected chi connectivity index (χ1v) is 9.55. The lowest BCUT2D eigenvalue weighted by Gasteiger charge is -2.13. The van der Waals surface area contributed by atoms with Crippen LogP contribution < -0.4 is 4.74 Å². The van der Waals surface area contributed by atoms with Crippen molar-refractivity contribution in [3.8, 4) is 17.6 Å². The molecule has 0 atom stereocenters. The smallest absolute Gasteiger partial charge is 0.313 e. The largest absolute Gasteiger partial charge is 0.456 e. The van der Waals surface area contributed by atoms with E-state index in [9.17, 15) is 26.4 Å². The number of fused-ring (bicyclic) bond motifs is 1. The van der Waals surface area contributed by atoms with Crippen molar-refractivity contribution < 1.29 is 36.2 Å². The lowest BCUT2D eigenvalue weighted by molar-refractivity contribution is 0.0165. The number of carbonyl (C=O) groups excluding carboxylic acids is 1. The second kappa shape index (κ2) is 6.92. The molecule has 6 nitrogen and oxygen atoms in total. The van der Waals surface area contributed by atoms with E-state index in [4.69, 9.17) is 15.1 Å². The van der Waals surface area contributed by atoms with Crippen LogP contribution in [0.2, 0.25) is 0 Å². The van der Waals surface area contributed by atoms with Gasteiger partial charge in [0.25, 0.3) is 0 Å². The summed E-state index contributed by atoms with van der Waals surface area (Å²) < 4.78 is 71.4. The number of alkyl halides is 2. The number of nitrogens with zero attached hydrogens (tertiary/aromatic N) is 1. The zero-order valence-electron chi connectivity index (χ0n) is 14.1. The molecule has 0 radical (unpaired) electrons. The Morgan fingerprint density at radius 2 is 1.89 bits per heavy atom. The predicted octanol–water partition coefficient (Wildman–Crippen LogP) is 2.63. The van der Waals surface area contributed by atoms with Gasteiger partial charge < -0.3 is 9.84 Å². The van der Waals surface area contributed by atoms with Gasteiger partial charge in [-0.1, -0.05) is 0 Å². The van der Waals surface area contributed by atoms with Gasteiger partial charge in [-0.25, -0.2) is 12.8 Å². The van der Waals surface area contributed by atoms with Crippen LogP contribution in [0.4, 0.5) is 13.2 Å². The van der Waals surface area contributed by atoms with Crippen LogP contribution in [0.3, 0.4) is 0 Å². The second-order valence-corrected chi connectivity index (χ2v) is 8.10. The van der Waals surface area contributed by atoms with E-state index in [0.29, 0.717) is 0 Å². The van der Waals surface area contributed by atoms with Gasteiger partial charge >= 0.3 is 5.92 Å². The highest BCUT2D eigenvalue weighted by Crippen LogP contribution is 2.43. The zero-order chi connectivity index (χ0) is 20.7. The first kappa shape index (κ1) is 19.9. The quantitative estimate of drug-likeness (QED) is 0.811. The summed E-state index contributed by atoms with van der Waals surface area (Å²) in [5.74, 6) is -7.32. The summed E-state index contributed by atoms with van der Waals surface area (Å²) in [6.45, 7) is -0.749. The van der Waals surface area contributed by atoms with Gasteiger partial charge in [0.15, 0.2) is 9.84 Å². The molecule has 146 valence electrons. The maximum atomic E-state index is 14.1. The maximum Gasteiger partial charge on any atom is 0.313 e. The van der Waals surface area contributed by atoms with Crippen molar-refractivity contribution in [3.63, 3.8) is 0 Å². The van der Waals surface area contributed by atoms with Crippen LogP contribution in [-0.4, -0.2) is 37.6 Å². The fraction of sp³-hybridized carbons (Fsp3) is 0.222. The van der Waals surface area contributed by atoms with Crippen molar-refractivity contribution in [2.75, 3.05) is 12.4 Å². The predicted molar refractivity (Wildman–Crippen MR) is 89.8 cm³/mol. The van der Waals surface area contributed by atoms with Crippen molar-refractivity contribution in [1.29, 1.82) is 5.26 Å². The number of Topliss-reactive ketones (excluding diaryl/α,β-unsaturated/α-hetero) is 1. The molecule has 0 bridgehead atoms. The molecular formula is C18H12F3NO5S. The third kappa shape index (κ3) is 3.34. The Balaban J connectivity index is 2.17. The van der Waals surface area contributed by atoms with Crippen LogP contribution in [0.5, 0.6) is 11.5 Å². The van der Waals surface area contributed by atoms with Gasteiger partial charge in [-0.05, 0) is 30.3 Å². The van der Waals surface area contributed by atoms with Gasteiger partial charge in [0, 0.05) is 17.5 Å². The number of hydrogen-bond donors (Lipinski definition) is 1. The van der Waals surface area contributed by atoms with Crippen LogP contribution in [-0.2, 0) is 16.3 Å². The monoisotopic (exact) mass is 411 g/mol. The molecule has 0 heterocycles. The minimum Gasteiger partial charge on any atom is -0.456 e. The number of rotatable bonds is 5. The van der Waals surface area contributed by atoms with Crippen molar-refractivity contribution in [2.45, 2.75) is 17.2 Å². The van der Waals surface area contributed by atoms with E-state index in [2.05, 4.69) is 0 Å². The van der Waals surface area contributed by atoms with E-state index in [1.807, 2.05) is 0 Å². The van der Waals surface area contributed by atoms with Gasteiger partial charge in [-0.15, -0.1) is 0 Å². The highest BCUT2D eigenvalue weighted by molar-refractivity contribution is 7.91. The summed E-state index contributed by atoms with van der Waals surface area (Å²) in [6, 6.07) is 6.72. The van der Waals surface area contributed by atoms with E-state index in [0.717, 1.165) is 30.3 Å². The SMILES string of the molecule is N#Cc1cc(F)ccc1Oc1ccc(S(=O)(=O)CCO)c2c1CC(F)(F)C2=O. The highest BCUT2D eigenvalue weighted by Gasteiger charge is 2.50. The lowest BCUT2D eigenvalue weighted by Crippen LogP contribution is -2.25. The van der Waals surface area contributed by atoms with Gasteiger partial charge in [0.05, 0.1) is 22.8 Å². The number of aliphatic hydroxyl groups is 1. The molecule has 2 aromatic rings. The summed E-state index contributed by atoms with van der Waals surface area (Å²) >= 11 is 0. The summed E-state index contributed by atoms with van der Waals surface area (Å²) in [5, 5.41) is 18.0. The number of aliphatic hydroxyl groups excluding tert-OH is 1. The van der Waals surface area contributed by atoms with Gasteiger partial charge in [-0.3, -0.25) is 4.79 Å². The number of ketones is 1. The van der Waals surface area contributed by atoms with Crippen LogP contribution >= 0.6 is 0 Å². The van der Waals surface area contributed by atoms with Crippen molar-refractivity contribution in [3.05, 3.63) is 52.8 Å². The highest BCUT2D eigenvalue weighted by atomic mass is 32.2. The van der Waals surface area contributed by atoms with Gasteiger partial charge in [-0.2, -0.15) is 14.0 Å². The van der Waals surface area contributed by atoms with E-state index >= 15 is 0 Å². The standard InChI is InChI=1S/C18H12F3NO5S/c19-11-1-2-13(10(7-11)9-22)27-14-3-4-15(28(25,26)6-5-23)16-12(14)8-18(20,21)17(16)24/h1-4,7,23H,5-6,8H2. The van der Waals surface area contributed by atoms with Crippen LogP contribution in [0.15, 0.2) is 35.2 Å². The summed E-state index contributed by atoms with van der Waals surface area (Å²) in [5.41, 5.74) is -1.24. The normalized spacial score (nSPS) is 15.2. The zero-order valence-corrected chi connectivity index (χ0v) is 14.9. The summed E-state index contributed by atoms with van der Waals surface area (Å²) in [7, 11) is -4.19. The fourth-order valence-corrected chi connectivity index (χ4v) is 4.16. The molecule has 1 N–H and O–H groups in total. The molecule has 0 spiro atoms. The van der Waals surface area contributed by atoms with E-state index < -0.39 is 56.6 Å². The van der Waals surface area contributed by atoms with E-state index in [1.54, 1.807) is 6.07 Å². The summed E-state index contributed by atoms with van der Waals surface area (Å²) in [4.78, 5) is 11.5. The molecule has 0 unspecified atom stereocenters. The lowest BCUT2D eigenvalue weighted by atomic mass is 10.1. The number of benzene rings is 2. The van der Waals surface area contributed by atoms with Crippen LogP contribution in [0.25, 0.3) is 0 Å². The molecule has 1 aliphatic rings. The van der Waals surface area contributed by atoms with Gasteiger partial charge in [0.2, 0.25) is 5.78 Å². The third-order valence-electron chi connectivity index (χ3n) is 4.17. The molecule has 0 saturated carbocycles. The minimum atomic E-state index is -4.19. The van der Waals surface area contributed by atoms with Gasteiger partial charge in [0.1, 0.15) is 23.4 Å². The number of sulfone groups is 1. The summed E-state index contributed by atoms with van der Waals surface area (Å²) in [6.07, 6.45) is -1.08. The Morgan fingerprint density at radius 3 is 2.54 bits per heavy atom. The molecular weight excluding hydrogens is 399 g/mol. The molecule has 0 amide bonds. The Morgan fingerprint density at radius 1 is 1.21 bits per heavy atom. The topological polar surface area (TPSA) is 104 Å². The average molecular weight is 411 g/mol. The minimum absolute atomic E-state index is 0.139. The first-order valence-electron chi connectivity index (χ1n) is 7.90. The number of hydrogen-bond acceptors (Lipinski definition) is 6. The molecule has 0 aliphatic heterocycles. The Bertz CT molecular complexity index is 1120. The molecule has 1 aliphatic carbocycles. The average Bonchev–Trinajstić information content (AvgIpc) is 2.86. The first-order chi connectivity index (χ1) is 13.1. The number of nitriles is 1. The van der Waals surface area contributed by atoms with Crippen molar-refractivity contribution >= 4 is 15.6 Å². The van der Waals surface area contributed by atoms with E-state index in [-0.39, 0.29) is 22.6 Å². The molecule has 10 heteroatoms. The van der Waals surface area contributed by atoms with Crippen LogP contribution in [0.1, 0.15) is 21.5 Å². The van der Waals surface area contributed by atoms with Crippen LogP contribution in [0, 0.1) is 17.1 Å². The van der Waals surface area contributed by atoms with E-state index in [1.165, 1.54) is 0 Å². The third-order valence-corrected chi connectivity index (χ3v) is 5.90. The molecule has 0 fully saturated rings. The van der Waals surface area contributed by atoms with Crippen molar-refractivity contribution in [2.24, 2.45) is 0 Å². The number of carbonyl (C=O) groups is 1. The Labute approximate surface area is 157 Å². The number of halogens is 3. The van der Waals surface area contributed by atoms with Crippen molar-refractivity contribution in [1.82, 2.24) is 0 Å². The molecule has 0 aromatic heterocycles. The molecule has 3 rings (SSSR count). The number of ether oxygens (including phenoxy) is 1. The second-order valence-electron chi connectivity index (χ2n) is 6.02. The molecule has 28 heavy (non-hydrogen) atoms. The molecule has 2 aromatic carbocycles. The Hall–Kier alpha value is -2.90.